The summed E-state index contributed by atoms with van der Waals surface area (Å²) in [5.74, 6) is -0.791. The number of carboxylic acids is 1. The summed E-state index contributed by atoms with van der Waals surface area (Å²) in [6, 6.07) is 5.22. The van der Waals surface area contributed by atoms with Crippen LogP contribution in [0.25, 0.3) is 10.2 Å². The quantitative estimate of drug-likeness (QED) is 0.900. The van der Waals surface area contributed by atoms with Gasteiger partial charge in [0.2, 0.25) is 0 Å². The average Bonchev–Trinajstić information content (AvgIpc) is 2.64. The van der Waals surface area contributed by atoms with Crippen LogP contribution < -0.4 is 4.74 Å². The lowest BCUT2D eigenvalue weighted by molar-refractivity contribution is -0.148. The number of carbonyl (C=O) groups is 1. The molecular formula is C10H8BrNO4S. The molecule has 0 aliphatic heterocycles. The van der Waals surface area contributed by atoms with Gasteiger partial charge in [-0.05, 0) is 34.1 Å². The number of aliphatic carboxylic acids is 1. The average molecular weight is 318 g/mol. The molecule has 2 aromatic rings. The molecule has 0 saturated heterocycles. The van der Waals surface area contributed by atoms with E-state index >= 15 is 0 Å². The fraction of sp³-hybridized carbons (Fsp3) is 0.200. The van der Waals surface area contributed by atoms with Gasteiger partial charge >= 0.3 is 5.97 Å². The van der Waals surface area contributed by atoms with Crippen molar-refractivity contribution in [1.82, 2.24) is 4.98 Å². The molecule has 0 fully saturated rings. The summed E-state index contributed by atoms with van der Waals surface area (Å²) < 4.78 is 6.88. The van der Waals surface area contributed by atoms with Gasteiger partial charge in [0.15, 0.2) is 10.0 Å². The third-order valence-corrected chi connectivity index (χ3v) is 3.50. The highest BCUT2D eigenvalue weighted by Gasteiger charge is 2.13. The highest BCUT2D eigenvalue weighted by atomic mass is 79.9. The van der Waals surface area contributed by atoms with Crippen molar-refractivity contribution in [3.63, 3.8) is 0 Å². The normalized spacial score (nSPS) is 12.6. The van der Waals surface area contributed by atoms with Crippen molar-refractivity contribution in [3.8, 4) is 5.75 Å². The zero-order valence-electron chi connectivity index (χ0n) is 8.46. The smallest absolute Gasteiger partial charge is 0.336 e. The molecule has 0 aliphatic carbocycles. The van der Waals surface area contributed by atoms with Gasteiger partial charge in [-0.3, -0.25) is 0 Å². The Balaban J connectivity index is 2.11. The third-order valence-electron chi connectivity index (χ3n) is 2.03. The lowest BCUT2D eigenvalue weighted by atomic mass is 10.3. The van der Waals surface area contributed by atoms with Gasteiger partial charge in [0.25, 0.3) is 0 Å². The van der Waals surface area contributed by atoms with Crippen molar-refractivity contribution in [2.75, 3.05) is 6.61 Å². The fourth-order valence-electron chi connectivity index (χ4n) is 1.21. The molecule has 5 nitrogen and oxygen atoms in total. The van der Waals surface area contributed by atoms with Gasteiger partial charge < -0.3 is 14.9 Å². The standard InChI is InChI=1S/C10H8BrNO4S/c11-10-12-6-2-1-5(3-8(6)17-10)16-4-7(13)9(14)15/h1-3,7,13H,4H2,(H,14,15). The second kappa shape index (κ2) is 4.99. The first-order chi connectivity index (χ1) is 8.06. The van der Waals surface area contributed by atoms with Gasteiger partial charge in [-0.25, -0.2) is 9.78 Å². The van der Waals surface area contributed by atoms with Crippen LogP contribution in [0.1, 0.15) is 0 Å². The van der Waals surface area contributed by atoms with Gasteiger partial charge in [-0.1, -0.05) is 0 Å². The van der Waals surface area contributed by atoms with Crippen LogP contribution in [-0.2, 0) is 4.79 Å². The predicted octanol–water partition coefficient (Wildman–Crippen LogP) is 1.88. The molecule has 0 amide bonds. The Morgan fingerprint density at radius 3 is 3.06 bits per heavy atom. The molecule has 2 rings (SSSR count). The second-order valence-electron chi connectivity index (χ2n) is 3.26. The van der Waals surface area contributed by atoms with E-state index in [1.54, 1.807) is 18.2 Å². The van der Waals surface area contributed by atoms with Crippen LogP contribution >= 0.6 is 27.3 Å². The minimum atomic E-state index is -1.51. The van der Waals surface area contributed by atoms with Crippen molar-refractivity contribution in [2.45, 2.75) is 6.10 Å². The molecule has 0 radical (unpaired) electrons. The zero-order chi connectivity index (χ0) is 12.4. The van der Waals surface area contributed by atoms with Gasteiger partial charge in [-0.15, -0.1) is 11.3 Å². The number of halogens is 1. The van der Waals surface area contributed by atoms with Crippen LogP contribution in [0.15, 0.2) is 22.1 Å². The molecule has 0 spiro atoms. The van der Waals surface area contributed by atoms with Gasteiger partial charge in [0, 0.05) is 0 Å². The summed E-state index contributed by atoms with van der Waals surface area (Å²) in [6.45, 7) is -0.277. The number of aliphatic hydroxyl groups is 1. The van der Waals surface area contributed by atoms with Crippen molar-refractivity contribution in [1.29, 1.82) is 0 Å². The maximum absolute atomic E-state index is 10.4. The van der Waals surface area contributed by atoms with Crippen LogP contribution in [0.3, 0.4) is 0 Å². The summed E-state index contributed by atoms with van der Waals surface area (Å²) in [5, 5.41) is 17.6. The number of aromatic nitrogens is 1. The Kier molecular flexibility index (Phi) is 3.60. The lowest BCUT2D eigenvalue weighted by Crippen LogP contribution is -2.26. The highest BCUT2D eigenvalue weighted by molar-refractivity contribution is 9.11. The van der Waals surface area contributed by atoms with Crippen molar-refractivity contribution in [3.05, 3.63) is 22.1 Å². The fourth-order valence-corrected chi connectivity index (χ4v) is 2.65. The predicted molar refractivity (Wildman–Crippen MR) is 66.5 cm³/mol. The van der Waals surface area contributed by atoms with Crippen LogP contribution in [0.2, 0.25) is 0 Å². The number of benzene rings is 1. The molecule has 0 saturated carbocycles. The number of hydrogen-bond acceptors (Lipinski definition) is 5. The lowest BCUT2D eigenvalue weighted by Gasteiger charge is -2.08. The maximum atomic E-state index is 10.4. The van der Waals surface area contributed by atoms with E-state index in [1.165, 1.54) is 11.3 Å². The minimum absolute atomic E-state index is 0.277. The summed E-state index contributed by atoms with van der Waals surface area (Å²) in [4.78, 5) is 14.6. The zero-order valence-corrected chi connectivity index (χ0v) is 10.9. The van der Waals surface area contributed by atoms with Crippen molar-refractivity contribution < 1.29 is 19.7 Å². The Morgan fingerprint density at radius 1 is 1.59 bits per heavy atom. The third kappa shape index (κ3) is 2.93. The van der Waals surface area contributed by atoms with E-state index in [4.69, 9.17) is 14.9 Å². The van der Waals surface area contributed by atoms with Crippen LogP contribution in [0.4, 0.5) is 0 Å². The molecule has 1 heterocycles. The number of hydrogen-bond donors (Lipinski definition) is 2. The second-order valence-corrected chi connectivity index (χ2v) is 5.57. The number of ether oxygens (including phenoxy) is 1. The van der Waals surface area contributed by atoms with E-state index in [0.29, 0.717) is 5.75 Å². The SMILES string of the molecule is O=C(O)C(O)COc1ccc2nc(Br)sc2c1. The molecule has 1 unspecified atom stereocenters. The topological polar surface area (TPSA) is 79.7 Å². The van der Waals surface area contributed by atoms with Crippen LogP contribution in [0, 0.1) is 0 Å². The molecule has 1 atom stereocenters. The number of aliphatic hydroxyl groups excluding tert-OH is 1. The molecule has 90 valence electrons. The molecule has 17 heavy (non-hydrogen) atoms. The monoisotopic (exact) mass is 317 g/mol. The number of rotatable bonds is 4. The number of fused-ring (bicyclic) bond motifs is 1. The molecule has 1 aromatic carbocycles. The molecule has 0 bridgehead atoms. The summed E-state index contributed by atoms with van der Waals surface area (Å²) in [7, 11) is 0. The Hall–Kier alpha value is -1.18. The van der Waals surface area contributed by atoms with E-state index in [9.17, 15) is 4.79 Å². The molecule has 2 N–H and O–H groups in total. The van der Waals surface area contributed by atoms with Gasteiger partial charge in [0.05, 0.1) is 10.2 Å². The van der Waals surface area contributed by atoms with Crippen LogP contribution in [-0.4, -0.2) is 33.9 Å². The van der Waals surface area contributed by atoms with Gasteiger partial charge in [0.1, 0.15) is 12.4 Å². The number of thiazole rings is 1. The molecule has 1 aromatic heterocycles. The van der Waals surface area contributed by atoms with E-state index in [1.807, 2.05) is 0 Å². The van der Waals surface area contributed by atoms with Crippen molar-refractivity contribution >= 4 is 43.5 Å². The van der Waals surface area contributed by atoms with E-state index in [-0.39, 0.29) is 6.61 Å². The highest BCUT2D eigenvalue weighted by Crippen LogP contribution is 2.29. The molecule has 7 heteroatoms. The first-order valence-electron chi connectivity index (χ1n) is 4.66. The summed E-state index contributed by atoms with van der Waals surface area (Å²) in [6.07, 6.45) is -1.51. The minimum Gasteiger partial charge on any atom is -0.490 e. The maximum Gasteiger partial charge on any atom is 0.336 e. The van der Waals surface area contributed by atoms with E-state index in [2.05, 4.69) is 20.9 Å². The number of carboxylic acid groups (broad SMARTS) is 1. The Labute approximate surface area is 109 Å². The number of nitrogens with zero attached hydrogens (tertiary/aromatic N) is 1. The largest absolute Gasteiger partial charge is 0.490 e. The summed E-state index contributed by atoms with van der Waals surface area (Å²) >= 11 is 4.73. The van der Waals surface area contributed by atoms with Crippen molar-refractivity contribution in [2.24, 2.45) is 0 Å². The van der Waals surface area contributed by atoms with Crippen LogP contribution in [0.5, 0.6) is 5.75 Å². The first kappa shape index (κ1) is 12.3. The summed E-state index contributed by atoms with van der Waals surface area (Å²) in [5.41, 5.74) is 0.841. The first-order valence-corrected chi connectivity index (χ1v) is 6.27. The Morgan fingerprint density at radius 2 is 2.35 bits per heavy atom. The molecule has 0 aliphatic rings. The van der Waals surface area contributed by atoms with Gasteiger partial charge in [-0.2, -0.15) is 0 Å². The van der Waals surface area contributed by atoms with E-state index in [0.717, 1.165) is 14.1 Å². The van der Waals surface area contributed by atoms with E-state index < -0.39 is 12.1 Å². The molecular weight excluding hydrogens is 310 g/mol. The Bertz CT molecular complexity index is 556.